The Morgan fingerprint density at radius 3 is 2.59 bits per heavy atom. The van der Waals surface area contributed by atoms with Gasteiger partial charge in [-0.15, -0.1) is 24.0 Å². The standard InChI is InChI=1S/C24H33N5O2.HI/c1-5-30-22-13-12-19(16-23(22)31-6-2)18(3)28-24(25-4)26-14-9-15-29-17-27-20-10-7-8-11-21(20)29;/h7-8,10-13,16-18H,5-6,9,14-15H2,1-4H3,(H2,25,26,28);1H. The smallest absolute Gasteiger partial charge is 0.191 e. The van der Waals surface area contributed by atoms with Gasteiger partial charge >= 0.3 is 0 Å². The number of guanidine groups is 1. The van der Waals surface area contributed by atoms with Gasteiger partial charge in [0.05, 0.1) is 36.6 Å². The normalized spacial score (nSPS) is 12.2. The fourth-order valence-electron chi connectivity index (χ4n) is 3.46. The van der Waals surface area contributed by atoms with Crippen molar-refractivity contribution < 1.29 is 9.47 Å². The molecule has 0 aliphatic carbocycles. The molecule has 0 amide bonds. The third-order valence-electron chi connectivity index (χ3n) is 5.04. The molecule has 7 nitrogen and oxygen atoms in total. The maximum Gasteiger partial charge on any atom is 0.191 e. The molecular formula is C24H34IN5O2. The van der Waals surface area contributed by atoms with E-state index in [1.54, 1.807) is 7.05 Å². The first-order valence-electron chi connectivity index (χ1n) is 10.9. The van der Waals surface area contributed by atoms with Crippen molar-refractivity contribution in [2.75, 3.05) is 26.8 Å². The van der Waals surface area contributed by atoms with Crippen molar-refractivity contribution in [3.63, 3.8) is 0 Å². The first kappa shape index (κ1) is 25.8. The Balaban J connectivity index is 0.00000363. The molecule has 8 heteroatoms. The zero-order valence-electron chi connectivity index (χ0n) is 19.3. The lowest BCUT2D eigenvalue weighted by Crippen LogP contribution is -2.39. The van der Waals surface area contributed by atoms with Gasteiger partial charge in [0, 0.05) is 20.1 Å². The van der Waals surface area contributed by atoms with Crippen molar-refractivity contribution in [1.82, 2.24) is 20.2 Å². The van der Waals surface area contributed by atoms with Crippen molar-refractivity contribution in [3.8, 4) is 11.5 Å². The SMILES string of the molecule is CCOc1ccc(C(C)NC(=NC)NCCCn2cnc3ccccc32)cc1OCC.I. The van der Waals surface area contributed by atoms with E-state index in [9.17, 15) is 0 Å². The lowest BCUT2D eigenvalue weighted by atomic mass is 10.1. The fraction of sp³-hybridized carbons (Fsp3) is 0.417. The van der Waals surface area contributed by atoms with E-state index in [1.165, 1.54) is 5.52 Å². The van der Waals surface area contributed by atoms with Gasteiger partial charge < -0.3 is 24.7 Å². The van der Waals surface area contributed by atoms with E-state index in [2.05, 4.69) is 44.2 Å². The van der Waals surface area contributed by atoms with Gasteiger partial charge in [-0.2, -0.15) is 0 Å². The number of aromatic nitrogens is 2. The predicted molar refractivity (Wildman–Crippen MR) is 141 cm³/mol. The second-order valence-electron chi connectivity index (χ2n) is 7.22. The van der Waals surface area contributed by atoms with E-state index in [-0.39, 0.29) is 30.0 Å². The number of rotatable bonds is 10. The van der Waals surface area contributed by atoms with Crippen molar-refractivity contribution >= 4 is 41.0 Å². The van der Waals surface area contributed by atoms with Crippen LogP contribution in [-0.2, 0) is 6.54 Å². The van der Waals surface area contributed by atoms with Gasteiger partial charge in [0.1, 0.15) is 0 Å². The number of hydrogen-bond acceptors (Lipinski definition) is 4. The average Bonchev–Trinajstić information content (AvgIpc) is 3.20. The Bertz CT molecular complexity index is 1000. The van der Waals surface area contributed by atoms with Crippen LogP contribution in [0.1, 0.15) is 38.8 Å². The molecule has 3 rings (SSSR count). The van der Waals surface area contributed by atoms with Gasteiger partial charge in [0.25, 0.3) is 0 Å². The third-order valence-corrected chi connectivity index (χ3v) is 5.04. The summed E-state index contributed by atoms with van der Waals surface area (Å²) in [4.78, 5) is 8.81. The van der Waals surface area contributed by atoms with E-state index in [0.717, 1.165) is 48.0 Å². The molecule has 0 radical (unpaired) electrons. The fourth-order valence-corrected chi connectivity index (χ4v) is 3.46. The van der Waals surface area contributed by atoms with Crippen LogP contribution in [0.2, 0.25) is 0 Å². The van der Waals surface area contributed by atoms with Crippen LogP contribution in [-0.4, -0.2) is 42.3 Å². The van der Waals surface area contributed by atoms with Gasteiger partial charge in [-0.3, -0.25) is 4.99 Å². The number of aliphatic imine (C=N–C) groups is 1. The Hall–Kier alpha value is -2.49. The molecule has 1 heterocycles. The van der Waals surface area contributed by atoms with Crippen LogP contribution in [0.5, 0.6) is 11.5 Å². The molecule has 1 atom stereocenters. The number of para-hydroxylation sites is 2. The molecule has 0 saturated heterocycles. The number of nitrogens with one attached hydrogen (secondary N) is 2. The van der Waals surface area contributed by atoms with Gasteiger partial charge in [0.15, 0.2) is 17.5 Å². The van der Waals surface area contributed by atoms with Crippen LogP contribution in [0, 0.1) is 0 Å². The minimum atomic E-state index is 0. The van der Waals surface area contributed by atoms with Crippen LogP contribution in [0.15, 0.2) is 53.8 Å². The molecule has 2 aromatic carbocycles. The van der Waals surface area contributed by atoms with E-state index in [0.29, 0.717) is 13.2 Å². The summed E-state index contributed by atoms with van der Waals surface area (Å²) in [6, 6.07) is 14.3. The summed E-state index contributed by atoms with van der Waals surface area (Å²) in [5.74, 6) is 2.32. The Morgan fingerprint density at radius 2 is 1.84 bits per heavy atom. The number of imidazole rings is 1. The van der Waals surface area contributed by atoms with Gasteiger partial charge in [-0.05, 0) is 57.0 Å². The van der Waals surface area contributed by atoms with Gasteiger partial charge in [-0.1, -0.05) is 18.2 Å². The molecule has 0 bridgehead atoms. The van der Waals surface area contributed by atoms with E-state index in [1.807, 2.05) is 50.5 Å². The monoisotopic (exact) mass is 551 g/mol. The van der Waals surface area contributed by atoms with E-state index in [4.69, 9.17) is 9.47 Å². The third kappa shape index (κ3) is 6.75. The predicted octanol–water partition coefficient (Wildman–Crippen LogP) is 4.77. The highest BCUT2D eigenvalue weighted by atomic mass is 127. The molecule has 0 aliphatic rings. The summed E-state index contributed by atoms with van der Waals surface area (Å²) in [6.45, 7) is 8.97. The summed E-state index contributed by atoms with van der Waals surface area (Å²) in [5, 5.41) is 6.85. The Labute approximate surface area is 207 Å². The first-order chi connectivity index (χ1) is 15.2. The van der Waals surface area contributed by atoms with Crippen molar-refractivity contribution in [2.45, 2.75) is 39.8 Å². The average molecular weight is 551 g/mol. The van der Waals surface area contributed by atoms with E-state index < -0.39 is 0 Å². The van der Waals surface area contributed by atoms with Crippen LogP contribution in [0.3, 0.4) is 0 Å². The topological polar surface area (TPSA) is 72.7 Å². The minimum absolute atomic E-state index is 0. The largest absolute Gasteiger partial charge is 0.490 e. The Kier molecular flexibility index (Phi) is 10.6. The molecule has 1 aromatic heterocycles. The molecule has 1 unspecified atom stereocenters. The zero-order valence-corrected chi connectivity index (χ0v) is 21.6. The lowest BCUT2D eigenvalue weighted by molar-refractivity contribution is 0.287. The summed E-state index contributed by atoms with van der Waals surface area (Å²) < 4.78 is 13.6. The minimum Gasteiger partial charge on any atom is -0.490 e. The molecule has 0 spiro atoms. The lowest BCUT2D eigenvalue weighted by Gasteiger charge is -2.20. The number of benzene rings is 2. The number of halogens is 1. The molecule has 3 aromatic rings. The highest BCUT2D eigenvalue weighted by Crippen LogP contribution is 2.30. The van der Waals surface area contributed by atoms with Gasteiger partial charge in [-0.25, -0.2) is 4.98 Å². The second-order valence-corrected chi connectivity index (χ2v) is 7.22. The van der Waals surface area contributed by atoms with Gasteiger partial charge in [0.2, 0.25) is 0 Å². The zero-order chi connectivity index (χ0) is 22.1. The Morgan fingerprint density at radius 1 is 1.09 bits per heavy atom. The van der Waals surface area contributed by atoms with Crippen molar-refractivity contribution in [2.24, 2.45) is 4.99 Å². The molecular weight excluding hydrogens is 517 g/mol. The molecule has 2 N–H and O–H groups in total. The quantitative estimate of drug-likeness (QED) is 0.165. The number of nitrogens with zero attached hydrogens (tertiary/aromatic N) is 3. The molecule has 0 aliphatic heterocycles. The number of hydrogen-bond donors (Lipinski definition) is 2. The highest BCUT2D eigenvalue weighted by molar-refractivity contribution is 14.0. The molecule has 32 heavy (non-hydrogen) atoms. The van der Waals surface area contributed by atoms with Crippen molar-refractivity contribution in [1.29, 1.82) is 0 Å². The van der Waals surface area contributed by atoms with Crippen LogP contribution in [0.4, 0.5) is 0 Å². The molecule has 0 saturated carbocycles. The van der Waals surface area contributed by atoms with E-state index >= 15 is 0 Å². The number of fused-ring (bicyclic) bond motifs is 1. The number of ether oxygens (including phenoxy) is 2. The number of aryl methyl sites for hydroxylation is 1. The van der Waals surface area contributed by atoms with Crippen LogP contribution in [0.25, 0.3) is 11.0 Å². The maximum atomic E-state index is 5.75. The van der Waals surface area contributed by atoms with Crippen LogP contribution >= 0.6 is 24.0 Å². The summed E-state index contributed by atoms with van der Waals surface area (Å²) in [7, 11) is 1.79. The molecule has 174 valence electrons. The first-order valence-corrected chi connectivity index (χ1v) is 10.9. The second kappa shape index (κ2) is 13.1. The summed E-state index contributed by atoms with van der Waals surface area (Å²) in [6.07, 6.45) is 2.87. The highest BCUT2D eigenvalue weighted by Gasteiger charge is 2.12. The molecule has 0 fully saturated rings. The van der Waals surface area contributed by atoms with Crippen molar-refractivity contribution in [3.05, 3.63) is 54.4 Å². The summed E-state index contributed by atoms with van der Waals surface area (Å²) >= 11 is 0. The maximum absolute atomic E-state index is 5.75. The van der Waals surface area contributed by atoms with Crippen LogP contribution < -0.4 is 20.1 Å². The summed E-state index contributed by atoms with van der Waals surface area (Å²) in [5.41, 5.74) is 3.31.